The summed E-state index contributed by atoms with van der Waals surface area (Å²) in [7, 11) is -3.38. The Labute approximate surface area is 162 Å². The van der Waals surface area contributed by atoms with Crippen LogP contribution in [0.4, 0.5) is 0 Å². The molecule has 6 nitrogen and oxygen atoms in total. The Balaban J connectivity index is 1.72. The topological polar surface area (TPSA) is 81.1 Å². The summed E-state index contributed by atoms with van der Waals surface area (Å²) >= 11 is 5.88. The number of sulfone groups is 1. The molecular weight excluding hydrogens is 386 g/mol. The Morgan fingerprint density at radius 2 is 1.89 bits per heavy atom. The van der Waals surface area contributed by atoms with Crippen LogP contribution in [-0.4, -0.2) is 30.4 Å². The number of aryl methyl sites for hydroxylation is 1. The van der Waals surface area contributed by atoms with E-state index in [0.717, 1.165) is 17.5 Å². The van der Waals surface area contributed by atoms with Crippen molar-refractivity contribution in [2.24, 2.45) is 0 Å². The Morgan fingerprint density at radius 3 is 2.56 bits per heavy atom. The van der Waals surface area contributed by atoms with E-state index in [2.05, 4.69) is 10.4 Å². The number of halogens is 1. The van der Waals surface area contributed by atoms with Crippen LogP contribution in [0.2, 0.25) is 5.02 Å². The summed E-state index contributed by atoms with van der Waals surface area (Å²) in [5, 5.41) is 7.72. The third-order valence-electron chi connectivity index (χ3n) is 4.06. The lowest BCUT2D eigenvalue weighted by molar-refractivity contribution is 0.0950. The van der Waals surface area contributed by atoms with Gasteiger partial charge in [0.25, 0.3) is 5.91 Å². The van der Waals surface area contributed by atoms with Gasteiger partial charge in [-0.1, -0.05) is 17.7 Å². The molecule has 1 N–H and O–H groups in total. The maximum Gasteiger partial charge on any atom is 0.251 e. The van der Waals surface area contributed by atoms with E-state index in [9.17, 15) is 13.2 Å². The van der Waals surface area contributed by atoms with Crippen molar-refractivity contribution in [3.05, 3.63) is 76.6 Å². The van der Waals surface area contributed by atoms with Crippen LogP contribution in [0.3, 0.4) is 0 Å². The van der Waals surface area contributed by atoms with Crippen LogP contribution in [0.15, 0.2) is 59.8 Å². The molecule has 3 rings (SSSR count). The number of amides is 1. The van der Waals surface area contributed by atoms with Gasteiger partial charge in [-0.15, -0.1) is 0 Å². The van der Waals surface area contributed by atoms with Crippen LogP contribution >= 0.6 is 11.6 Å². The second kappa shape index (κ2) is 7.54. The minimum atomic E-state index is -3.38. The van der Waals surface area contributed by atoms with Crippen LogP contribution in [0, 0.1) is 6.92 Å². The predicted octanol–water partition coefficient (Wildman–Crippen LogP) is 3.17. The number of benzene rings is 2. The first-order chi connectivity index (χ1) is 12.7. The van der Waals surface area contributed by atoms with E-state index in [1.165, 1.54) is 12.1 Å². The van der Waals surface area contributed by atoms with Gasteiger partial charge in [0.1, 0.15) is 0 Å². The fraction of sp³-hybridized carbons (Fsp3) is 0.158. The summed E-state index contributed by atoms with van der Waals surface area (Å²) in [4.78, 5) is 12.6. The highest BCUT2D eigenvalue weighted by Gasteiger charge is 2.14. The Hall–Kier alpha value is -2.64. The van der Waals surface area contributed by atoms with Gasteiger partial charge < -0.3 is 5.32 Å². The van der Waals surface area contributed by atoms with Gasteiger partial charge in [-0.05, 0) is 48.9 Å². The molecule has 1 amide bonds. The van der Waals surface area contributed by atoms with Crippen molar-refractivity contribution in [2.45, 2.75) is 18.4 Å². The van der Waals surface area contributed by atoms with Crippen molar-refractivity contribution >= 4 is 27.3 Å². The van der Waals surface area contributed by atoms with Gasteiger partial charge in [-0.25, -0.2) is 13.1 Å². The largest absolute Gasteiger partial charge is 0.348 e. The molecule has 0 radical (unpaired) electrons. The number of carbonyl (C=O) groups excluding carboxylic acids is 1. The van der Waals surface area contributed by atoms with Gasteiger partial charge >= 0.3 is 0 Å². The number of hydrogen-bond acceptors (Lipinski definition) is 4. The number of nitrogens with zero attached hydrogens (tertiary/aromatic N) is 2. The standard InChI is InChI=1S/C19H18ClN3O3S/c1-13-3-8-17(27(2,25)26)9-18(13)19(24)21-10-14-11-22-23(12-14)16-6-4-15(20)5-7-16/h3-9,11-12H,10H2,1-2H3,(H,21,24). The molecule has 140 valence electrons. The maximum atomic E-state index is 12.5. The number of aromatic nitrogens is 2. The molecule has 0 spiro atoms. The van der Waals surface area contributed by atoms with Crippen LogP contribution in [0.25, 0.3) is 5.69 Å². The monoisotopic (exact) mass is 403 g/mol. The molecular formula is C19H18ClN3O3S. The van der Waals surface area contributed by atoms with E-state index >= 15 is 0 Å². The summed E-state index contributed by atoms with van der Waals surface area (Å²) in [5.41, 5.74) is 2.71. The lowest BCUT2D eigenvalue weighted by Gasteiger charge is -2.08. The van der Waals surface area contributed by atoms with E-state index < -0.39 is 9.84 Å². The fourth-order valence-electron chi connectivity index (χ4n) is 2.54. The molecule has 0 unspecified atom stereocenters. The minimum Gasteiger partial charge on any atom is -0.348 e. The number of rotatable bonds is 5. The molecule has 0 saturated carbocycles. The summed E-state index contributed by atoms with van der Waals surface area (Å²) < 4.78 is 25.1. The summed E-state index contributed by atoms with van der Waals surface area (Å²) in [5.74, 6) is -0.336. The highest BCUT2D eigenvalue weighted by molar-refractivity contribution is 7.90. The zero-order chi connectivity index (χ0) is 19.6. The Morgan fingerprint density at radius 1 is 1.19 bits per heavy atom. The third-order valence-corrected chi connectivity index (χ3v) is 5.42. The van der Waals surface area contributed by atoms with Crippen molar-refractivity contribution in [2.75, 3.05) is 6.26 Å². The van der Waals surface area contributed by atoms with Gasteiger partial charge in [-0.3, -0.25) is 4.79 Å². The molecule has 27 heavy (non-hydrogen) atoms. The van der Waals surface area contributed by atoms with E-state index in [1.54, 1.807) is 36.0 Å². The normalized spacial score (nSPS) is 11.4. The fourth-order valence-corrected chi connectivity index (χ4v) is 3.31. The zero-order valence-electron chi connectivity index (χ0n) is 14.8. The first-order valence-electron chi connectivity index (χ1n) is 8.12. The van der Waals surface area contributed by atoms with E-state index in [4.69, 9.17) is 11.6 Å². The molecule has 3 aromatic rings. The van der Waals surface area contributed by atoms with Crippen LogP contribution in [-0.2, 0) is 16.4 Å². The maximum absolute atomic E-state index is 12.5. The Bertz CT molecular complexity index is 1090. The van der Waals surface area contributed by atoms with Crippen molar-refractivity contribution in [1.29, 1.82) is 0 Å². The summed E-state index contributed by atoms with van der Waals surface area (Å²) in [6.45, 7) is 2.04. The number of hydrogen-bond donors (Lipinski definition) is 1. The van der Waals surface area contributed by atoms with Crippen LogP contribution < -0.4 is 5.32 Å². The molecule has 0 bridgehead atoms. The summed E-state index contributed by atoms with van der Waals surface area (Å²) in [6.07, 6.45) is 4.59. The van der Waals surface area contributed by atoms with Gasteiger partial charge in [0.2, 0.25) is 0 Å². The smallest absolute Gasteiger partial charge is 0.251 e. The number of nitrogens with one attached hydrogen (secondary N) is 1. The average Bonchev–Trinajstić information content (AvgIpc) is 3.08. The third kappa shape index (κ3) is 4.56. The molecule has 1 heterocycles. The average molecular weight is 404 g/mol. The van der Waals surface area contributed by atoms with E-state index in [1.807, 2.05) is 18.3 Å². The van der Waals surface area contributed by atoms with Crippen molar-refractivity contribution in [1.82, 2.24) is 15.1 Å². The highest BCUT2D eigenvalue weighted by atomic mass is 35.5. The molecule has 0 aliphatic heterocycles. The Kier molecular flexibility index (Phi) is 5.34. The lowest BCUT2D eigenvalue weighted by Crippen LogP contribution is -2.23. The highest BCUT2D eigenvalue weighted by Crippen LogP contribution is 2.16. The van der Waals surface area contributed by atoms with Crippen molar-refractivity contribution < 1.29 is 13.2 Å². The molecule has 0 atom stereocenters. The molecule has 1 aromatic heterocycles. The van der Waals surface area contributed by atoms with Gasteiger partial charge in [0, 0.05) is 35.1 Å². The second-order valence-corrected chi connectivity index (χ2v) is 8.65. The molecule has 0 saturated heterocycles. The predicted molar refractivity (Wildman–Crippen MR) is 104 cm³/mol. The van der Waals surface area contributed by atoms with Crippen LogP contribution in [0.1, 0.15) is 21.5 Å². The molecule has 0 fully saturated rings. The first-order valence-corrected chi connectivity index (χ1v) is 10.4. The molecule has 8 heteroatoms. The molecule has 0 aliphatic carbocycles. The van der Waals surface area contributed by atoms with Gasteiger partial charge in [-0.2, -0.15) is 5.10 Å². The van der Waals surface area contributed by atoms with Gasteiger partial charge in [0.05, 0.1) is 16.8 Å². The summed E-state index contributed by atoms with van der Waals surface area (Å²) in [6, 6.07) is 11.8. The molecule has 2 aromatic carbocycles. The van der Waals surface area contributed by atoms with E-state index in [-0.39, 0.29) is 17.3 Å². The quantitative estimate of drug-likeness (QED) is 0.709. The van der Waals surface area contributed by atoms with E-state index in [0.29, 0.717) is 16.1 Å². The van der Waals surface area contributed by atoms with Crippen molar-refractivity contribution in [3.63, 3.8) is 0 Å². The van der Waals surface area contributed by atoms with Gasteiger partial charge in [0.15, 0.2) is 9.84 Å². The first kappa shape index (κ1) is 19.1. The molecule has 0 aliphatic rings. The van der Waals surface area contributed by atoms with Crippen molar-refractivity contribution in [3.8, 4) is 5.69 Å². The number of carbonyl (C=O) groups is 1. The lowest BCUT2D eigenvalue weighted by atomic mass is 10.1. The second-order valence-electron chi connectivity index (χ2n) is 6.20. The minimum absolute atomic E-state index is 0.119. The van der Waals surface area contributed by atoms with Crippen LogP contribution in [0.5, 0.6) is 0 Å². The zero-order valence-corrected chi connectivity index (χ0v) is 16.4. The SMILES string of the molecule is Cc1ccc(S(C)(=O)=O)cc1C(=O)NCc1cnn(-c2ccc(Cl)cc2)c1.